The van der Waals surface area contributed by atoms with Crippen LogP contribution < -0.4 is 0 Å². The minimum atomic E-state index is -0.579. The molecule has 0 aromatic carbocycles. The molecule has 0 unspecified atom stereocenters. The van der Waals surface area contributed by atoms with Gasteiger partial charge < -0.3 is 4.74 Å². The zero-order chi connectivity index (χ0) is 21.9. The van der Waals surface area contributed by atoms with Crippen molar-refractivity contribution in [2.24, 2.45) is 39.9 Å². The highest BCUT2D eigenvalue weighted by molar-refractivity contribution is 5.91. The minimum Gasteiger partial charge on any atom is -0.457 e. The Hall–Kier alpha value is -1.45. The number of Topliss-reactive ketones (excluding diaryl/α,β-unsaturated/α-hetero) is 1. The number of fused-ring (bicyclic) bond motifs is 5. The molecule has 4 rings (SSSR count). The zero-order valence-corrected chi connectivity index (χ0v) is 19.4. The number of allylic oxidation sites excluding steroid dienone is 1. The van der Waals surface area contributed by atoms with Crippen molar-refractivity contribution in [3.63, 3.8) is 0 Å². The Kier molecular flexibility index (Phi) is 5.30. The molecule has 0 saturated heterocycles. The van der Waals surface area contributed by atoms with Gasteiger partial charge in [-0.25, -0.2) is 0 Å². The molecule has 0 radical (unpaired) electrons. The fourth-order valence-corrected chi connectivity index (χ4v) is 7.54. The van der Waals surface area contributed by atoms with Gasteiger partial charge >= 0.3 is 5.97 Å². The van der Waals surface area contributed by atoms with Crippen molar-refractivity contribution >= 4 is 17.5 Å². The molecule has 0 aromatic rings. The molecule has 4 nitrogen and oxygen atoms in total. The molecule has 3 fully saturated rings. The van der Waals surface area contributed by atoms with Gasteiger partial charge in [0.05, 0.1) is 5.41 Å². The number of hydrogen-bond acceptors (Lipinski definition) is 4. The van der Waals surface area contributed by atoms with Crippen LogP contribution in [0.3, 0.4) is 0 Å². The molecule has 0 amide bonds. The summed E-state index contributed by atoms with van der Waals surface area (Å²) in [5.74, 6) is 1.98. The van der Waals surface area contributed by atoms with E-state index >= 15 is 0 Å². The van der Waals surface area contributed by atoms with Gasteiger partial charge in [0.2, 0.25) is 0 Å². The van der Waals surface area contributed by atoms with E-state index in [0.717, 1.165) is 44.9 Å². The molecule has 0 heterocycles. The first kappa shape index (κ1) is 21.8. The first-order valence-corrected chi connectivity index (χ1v) is 11.9. The van der Waals surface area contributed by atoms with Crippen LogP contribution in [-0.4, -0.2) is 24.1 Å². The molecular weight excluding hydrogens is 376 g/mol. The molecule has 30 heavy (non-hydrogen) atoms. The molecule has 166 valence electrons. The fraction of sp³-hybridized carbons (Fsp3) is 0.808. The predicted molar refractivity (Wildman–Crippen MR) is 116 cm³/mol. The van der Waals surface area contributed by atoms with E-state index in [0.29, 0.717) is 30.0 Å². The van der Waals surface area contributed by atoms with Gasteiger partial charge in [-0.1, -0.05) is 19.4 Å². The van der Waals surface area contributed by atoms with Crippen LogP contribution in [0.25, 0.3) is 0 Å². The summed E-state index contributed by atoms with van der Waals surface area (Å²) in [5.41, 5.74) is 1.00. The van der Waals surface area contributed by atoms with Crippen molar-refractivity contribution in [3.8, 4) is 0 Å². The number of ether oxygens (including phenoxy) is 1. The van der Waals surface area contributed by atoms with Gasteiger partial charge in [0.15, 0.2) is 11.6 Å². The quantitative estimate of drug-likeness (QED) is 0.589. The fourth-order valence-electron chi connectivity index (χ4n) is 7.54. The lowest BCUT2D eigenvalue weighted by atomic mass is 9.46. The average molecular weight is 415 g/mol. The minimum absolute atomic E-state index is 0.00824. The SMILES string of the molecule is CC(C)(C)C(=O)OCC(=O)[C@@H]1CC[C@@H]2[C@H]3CCC4=CC(=O)CC[C@@]4(C)[C@@H]3CC[C@@]21C. The summed E-state index contributed by atoms with van der Waals surface area (Å²) in [6.45, 7) is 10.1. The first-order valence-electron chi connectivity index (χ1n) is 11.9. The third-order valence-electron chi connectivity index (χ3n) is 9.31. The Balaban J connectivity index is 1.49. The van der Waals surface area contributed by atoms with Gasteiger partial charge in [0.25, 0.3) is 0 Å². The molecule has 0 bridgehead atoms. The maximum absolute atomic E-state index is 13.1. The molecule has 6 atom stereocenters. The first-order chi connectivity index (χ1) is 14.0. The van der Waals surface area contributed by atoms with Crippen LogP contribution in [-0.2, 0) is 19.1 Å². The second-order valence-electron chi connectivity index (χ2n) is 11.9. The smallest absolute Gasteiger partial charge is 0.311 e. The van der Waals surface area contributed by atoms with E-state index in [1.807, 2.05) is 26.8 Å². The van der Waals surface area contributed by atoms with Crippen molar-refractivity contribution in [1.82, 2.24) is 0 Å². The van der Waals surface area contributed by atoms with Crippen LogP contribution in [0.5, 0.6) is 0 Å². The topological polar surface area (TPSA) is 60.4 Å². The van der Waals surface area contributed by atoms with Crippen molar-refractivity contribution in [2.45, 2.75) is 86.0 Å². The molecule has 0 spiro atoms. The van der Waals surface area contributed by atoms with Crippen LogP contribution in [0, 0.1) is 39.9 Å². The van der Waals surface area contributed by atoms with Crippen LogP contribution in [0.2, 0.25) is 0 Å². The van der Waals surface area contributed by atoms with E-state index in [1.165, 1.54) is 5.57 Å². The number of ketones is 2. The highest BCUT2D eigenvalue weighted by Gasteiger charge is 2.60. The van der Waals surface area contributed by atoms with Crippen LogP contribution in [0.4, 0.5) is 0 Å². The Morgan fingerprint density at radius 1 is 1.03 bits per heavy atom. The maximum atomic E-state index is 13.1. The molecule has 4 aliphatic rings. The monoisotopic (exact) mass is 414 g/mol. The highest BCUT2D eigenvalue weighted by Crippen LogP contribution is 2.66. The summed E-state index contributed by atoms with van der Waals surface area (Å²) in [5, 5.41) is 0. The van der Waals surface area contributed by atoms with Gasteiger partial charge in [-0.15, -0.1) is 0 Å². The molecule has 4 aliphatic carbocycles. The number of rotatable bonds is 3. The van der Waals surface area contributed by atoms with E-state index in [-0.39, 0.29) is 35.1 Å². The third kappa shape index (κ3) is 3.39. The van der Waals surface area contributed by atoms with E-state index in [1.54, 1.807) is 0 Å². The van der Waals surface area contributed by atoms with Gasteiger partial charge in [-0.05, 0) is 100 Å². The maximum Gasteiger partial charge on any atom is 0.311 e. The lowest BCUT2D eigenvalue weighted by molar-refractivity contribution is -0.158. The number of carbonyl (C=O) groups is 3. The largest absolute Gasteiger partial charge is 0.457 e. The Bertz CT molecular complexity index is 787. The average Bonchev–Trinajstić information content (AvgIpc) is 3.03. The van der Waals surface area contributed by atoms with Gasteiger partial charge in [0, 0.05) is 12.3 Å². The summed E-state index contributed by atoms with van der Waals surface area (Å²) in [6, 6.07) is 0. The van der Waals surface area contributed by atoms with E-state index in [9.17, 15) is 14.4 Å². The van der Waals surface area contributed by atoms with E-state index in [4.69, 9.17) is 4.74 Å². The van der Waals surface area contributed by atoms with Gasteiger partial charge in [-0.2, -0.15) is 0 Å². The highest BCUT2D eigenvalue weighted by atomic mass is 16.5. The number of esters is 1. The Morgan fingerprint density at radius 3 is 2.47 bits per heavy atom. The number of hydrogen-bond donors (Lipinski definition) is 0. The molecular formula is C26H38O4. The lowest BCUT2D eigenvalue weighted by Gasteiger charge is -2.58. The molecule has 0 aromatic heterocycles. The summed E-state index contributed by atoms with van der Waals surface area (Å²) in [4.78, 5) is 37.2. The van der Waals surface area contributed by atoms with Crippen LogP contribution in [0.15, 0.2) is 11.6 Å². The normalized spacial score (nSPS) is 40.7. The standard InChI is InChI=1S/C26H38O4/c1-24(2,3)23(29)30-15-22(28)21-9-8-19-18-7-6-16-14-17(27)10-12-25(16,4)20(18)11-13-26(19,21)5/h14,18-21H,6-13,15H2,1-5H3/t18-,19-,20-,21+,25-,26+/m1/s1. The van der Waals surface area contributed by atoms with Crippen molar-refractivity contribution in [2.75, 3.05) is 6.61 Å². The Labute approximate surface area is 181 Å². The summed E-state index contributed by atoms with van der Waals surface area (Å²) in [7, 11) is 0. The second kappa shape index (κ2) is 7.31. The molecule has 4 heteroatoms. The Morgan fingerprint density at radius 2 is 1.77 bits per heavy atom. The molecule has 0 aliphatic heterocycles. The summed E-state index contributed by atoms with van der Waals surface area (Å²) in [6.07, 6.45) is 10.1. The van der Waals surface area contributed by atoms with Gasteiger partial charge in [0.1, 0.15) is 6.61 Å². The third-order valence-corrected chi connectivity index (χ3v) is 9.31. The summed E-state index contributed by atoms with van der Waals surface area (Å²) >= 11 is 0. The van der Waals surface area contributed by atoms with E-state index < -0.39 is 5.41 Å². The van der Waals surface area contributed by atoms with Crippen molar-refractivity contribution in [3.05, 3.63) is 11.6 Å². The zero-order valence-electron chi connectivity index (χ0n) is 19.4. The lowest BCUT2D eigenvalue weighted by Crippen LogP contribution is -2.51. The second-order valence-corrected chi connectivity index (χ2v) is 11.9. The predicted octanol–water partition coefficient (Wildman–Crippen LogP) is 5.29. The van der Waals surface area contributed by atoms with Gasteiger partial charge in [-0.3, -0.25) is 14.4 Å². The van der Waals surface area contributed by atoms with Crippen molar-refractivity contribution < 1.29 is 19.1 Å². The van der Waals surface area contributed by atoms with Crippen LogP contribution in [0.1, 0.15) is 86.0 Å². The summed E-state index contributed by atoms with van der Waals surface area (Å²) < 4.78 is 5.38. The van der Waals surface area contributed by atoms with Crippen LogP contribution >= 0.6 is 0 Å². The number of carbonyl (C=O) groups excluding carboxylic acids is 3. The molecule has 0 N–H and O–H groups in total. The van der Waals surface area contributed by atoms with Crippen molar-refractivity contribution in [1.29, 1.82) is 0 Å². The molecule has 3 saturated carbocycles. The van der Waals surface area contributed by atoms with E-state index in [2.05, 4.69) is 13.8 Å².